The molecule has 150 valence electrons. The van der Waals surface area contributed by atoms with Gasteiger partial charge in [-0.3, -0.25) is 4.79 Å². The van der Waals surface area contributed by atoms with E-state index in [1.54, 1.807) is 6.07 Å². The zero-order chi connectivity index (χ0) is 20.5. The second-order valence-electron chi connectivity index (χ2n) is 7.15. The van der Waals surface area contributed by atoms with Gasteiger partial charge in [0.1, 0.15) is 11.3 Å². The van der Waals surface area contributed by atoms with Crippen molar-refractivity contribution in [3.8, 4) is 5.75 Å². The first kappa shape index (κ1) is 21.5. The molecule has 3 aromatic rings. The number of carbonyl (C=O) groups is 1. The van der Waals surface area contributed by atoms with Crippen LogP contribution in [-0.4, -0.2) is 12.0 Å². The summed E-state index contributed by atoms with van der Waals surface area (Å²) in [4.78, 5) is 11.1. The molecule has 4 nitrogen and oxygen atoms in total. The minimum absolute atomic E-state index is 0.177. The van der Waals surface area contributed by atoms with E-state index in [1.807, 2.05) is 18.2 Å². The lowest BCUT2D eigenvalue weighted by Gasteiger charge is -2.17. The summed E-state index contributed by atoms with van der Waals surface area (Å²) in [6.07, 6.45) is 4.53. The van der Waals surface area contributed by atoms with Gasteiger partial charge < -0.3 is 14.9 Å². The molecule has 2 N–H and O–H groups in total. The normalized spacial score (nSPS) is 10.6. The van der Waals surface area contributed by atoms with E-state index >= 15 is 0 Å². The molecule has 2 aromatic carbocycles. The van der Waals surface area contributed by atoms with Gasteiger partial charge in [-0.1, -0.05) is 62.1 Å². The van der Waals surface area contributed by atoms with Crippen molar-refractivity contribution in [3.05, 3.63) is 65.4 Å². The molecule has 0 unspecified atom stereocenters. The first-order valence-electron chi connectivity index (χ1n) is 9.96. The van der Waals surface area contributed by atoms with Crippen LogP contribution in [0.2, 0.25) is 0 Å². The Morgan fingerprint density at radius 3 is 2.04 bits per heavy atom. The van der Waals surface area contributed by atoms with Gasteiger partial charge in [-0.2, -0.15) is 0 Å². The predicted octanol–water partition coefficient (Wildman–Crippen LogP) is 6.18. The molecule has 0 atom stereocenters. The van der Waals surface area contributed by atoms with Crippen LogP contribution in [0.4, 0.5) is 0 Å². The standard InChI is InChI=1S/C16H21NO3.C8H10/c1-3-5-12(6-4-2)19-13-7-8-14-11(9-13)10-15(20-14)16(17)18;1-7-3-5-8(2)6-4-7/h7-10,12H,3-6H2,1-2H3,(H2,17,18);3-6H,1-2H3. The van der Waals surface area contributed by atoms with Crippen molar-refractivity contribution in [2.75, 3.05) is 0 Å². The van der Waals surface area contributed by atoms with E-state index in [2.05, 4.69) is 52.0 Å². The van der Waals surface area contributed by atoms with E-state index in [1.165, 1.54) is 11.1 Å². The maximum absolute atomic E-state index is 11.1. The third-order valence-electron chi connectivity index (χ3n) is 4.47. The first-order chi connectivity index (χ1) is 13.4. The zero-order valence-electron chi connectivity index (χ0n) is 17.3. The van der Waals surface area contributed by atoms with E-state index in [0.29, 0.717) is 5.58 Å². The maximum Gasteiger partial charge on any atom is 0.284 e. The zero-order valence-corrected chi connectivity index (χ0v) is 17.3. The molecule has 1 amide bonds. The largest absolute Gasteiger partial charge is 0.490 e. The molecule has 1 aromatic heterocycles. The number of primary amides is 1. The number of furan rings is 1. The van der Waals surface area contributed by atoms with Crippen LogP contribution in [0.5, 0.6) is 5.75 Å². The highest BCUT2D eigenvalue weighted by molar-refractivity contribution is 5.95. The third kappa shape index (κ3) is 6.45. The quantitative estimate of drug-likeness (QED) is 0.531. The van der Waals surface area contributed by atoms with Crippen LogP contribution >= 0.6 is 0 Å². The van der Waals surface area contributed by atoms with Gasteiger partial charge in [-0.05, 0) is 51.0 Å². The van der Waals surface area contributed by atoms with Crippen molar-refractivity contribution >= 4 is 16.9 Å². The fourth-order valence-corrected chi connectivity index (χ4v) is 2.95. The minimum Gasteiger partial charge on any atom is -0.490 e. The molecule has 0 bridgehead atoms. The molecule has 28 heavy (non-hydrogen) atoms. The van der Waals surface area contributed by atoms with Crippen LogP contribution in [0.3, 0.4) is 0 Å². The number of fused-ring (bicyclic) bond motifs is 1. The van der Waals surface area contributed by atoms with E-state index < -0.39 is 5.91 Å². The van der Waals surface area contributed by atoms with Crippen molar-refractivity contribution in [2.24, 2.45) is 5.73 Å². The third-order valence-corrected chi connectivity index (χ3v) is 4.47. The Balaban J connectivity index is 0.000000292. The Bertz CT molecular complexity index is 854. The highest BCUT2D eigenvalue weighted by Gasteiger charge is 2.12. The summed E-state index contributed by atoms with van der Waals surface area (Å²) in [6.45, 7) is 8.51. The van der Waals surface area contributed by atoms with Crippen molar-refractivity contribution < 1.29 is 13.9 Å². The molecule has 0 radical (unpaired) electrons. The molecule has 0 aliphatic heterocycles. The number of amides is 1. The summed E-state index contributed by atoms with van der Waals surface area (Å²) < 4.78 is 11.4. The molecule has 0 fully saturated rings. The Morgan fingerprint density at radius 1 is 0.964 bits per heavy atom. The van der Waals surface area contributed by atoms with Crippen molar-refractivity contribution in [1.29, 1.82) is 0 Å². The fraction of sp³-hybridized carbons (Fsp3) is 0.375. The molecule has 4 heteroatoms. The van der Waals surface area contributed by atoms with Gasteiger partial charge >= 0.3 is 0 Å². The highest BCUT2D eigenvalue weighted by atomic mass is 16.5. The number of carbonyl (C=O) groups excluding carboxylic acids is 1. The number of hydrogen-bond acceptors (Lipinski definition) is 3. The first-order valence-corrected chi connectivity index (χ1v) is 9.96. The Labute approximate surface area is 167 Å². The van der Waals surface area contributed by atoms with Gasteiger partial charge in [0.05, 0.1) is 6.10 Å². The number of nitrogens with two attached hydrogens (primary N) is 1. The average Bonchev–Trinajstić information content (AvgIpc) is 3.09. The van der Waals surface area contributed by atoms with Crippen LogP contribution in [0.15, 0.2) is 52.9 Å². The van der Waals surface area contributed by atoms with E-state index in [9.17, 15) is 4.79 Å². The van der Waals surface area contributed by atoms with Gasteiger partial charge in [0.15, 0.2) is 5.76 Å². The average molecular weight is 382 g/mol. The molecular formula is C24H31NO3. The van der Waals surface area contributed by atoms with Crippen LogP contribution in [0.1, 0.15) is 61.2 Å². The second-order valence-corrected chi connectivity index (χ2v) is 7.15. The van der Waals surface area contributed by atoms with Gasteiger partial charge in [0.2, 0.25) is 0 Å². The number of benzene rings is 2. The SMILES string of the molecule is CCCC(CCC)Oc1ccc2oc(C(N)=O)cc2c1.Cc1ccc(C)cc1. The lowest BCUT2D eigenvalue weighted by atomic mass is 10.1. The molecule has 0 spiro atoms. The van der Waals surface area contributed by atoms with E-state index in [-0.39, 0.29) is 11.9 Å². The van der Waals surface area contributed by atoms with Gasteiger partial charge in [-0.25, -0.2) is 0 Å². The van der Waals surface area contributed by atoms with E-state index in [4.69, 9.17) is 14.9 Å². The Morgan fingerprint density at radius 2 is 1.54 bits per heavy atom. The van der Waals surface area contributed by atoms with Crippen LogP contribution in [0, 0.1) is 13.8 Å². The van der Waals surface area contributed by atoms with Gasteiger partial charge in [0, 0.05) is 5.39 Å². The van der Waals surface area contributed by atoms with Crippen molar-refractivity contribution in [1.82, 2.24) is 0 Å². The molecular weight excluding hydrogens is 350 g/mol. The number of rotatable bonds is 7. The molecule has 0 saturated heterocycles. The predicted molar refractivity (Wildman–Crippen MR) is 115 cm³/mol. The highest BCUT2D eigenvalue weighted by Crippen LogP contribution is 2.26. The maximum atomic E-state index is 11.1. The summed E-state index contributed by atoms with van der Waals surface area (Å²) in [5.74, 6) is 0.426. The minimum atomic E-state index is -0.557. The monoisotopic (exact) mass is 381 g/mol. The lowest BCUT2D eigenvalue weighted by Crippen LogP contribution is -2.15. The summed E-state index contributed by atoms with van der Waals surface area (Å²) >= 11 is 0. The van der Waals surface area contributed by atoms with Crippen molar-refractivity contribution in [2.45, 2.75) is 59.5 Å². The number of ether oxygens (including phenoxy) is 1. The summed E-state index contributed by atoms with van der Waals surface area (Å²) in [7, 11) is 0. The second kappa shape index (κ2) is 10.5. The topological polar surface area (TPSA) is 65.5 Å². The van der Waals surface area contributed by atoms with Crippen LogP contribution < -0.4 is 10.5 Å². The van der Waals surface area contributed by atoms with Crippen LogP contribution in [-0.2, 0) is 0 Å². The Hall–Kier alpha value is -2.75. The molecule has 1 heterocycles. The Kier molecular flexibility index (Phi) is 8.12. The van der Waals surface area contributed by atoms with Crippen molar-refractivity contribution in [3.63, 3.8) is 0 Å². The van der Waals surface area contributed by atoms with E-state index in [0.717, 1.165) is 36.8 Å². The molecule has 0 aliphatic carbocycles. The van der Waals surface area contributed by atoms with Gasteiger partial charge in [-0.15, -0.1) is 0 Å². The summed E-state index contributed by atoms with van der Waals surface area (Å²) in [5, 5.41) is 0.836. The lowest BCUT2D eigenvalue weighted by molar-refractivity contribution is 0.0976. The molecule has 0 aliphatic rings. The fourth-order valence-electron chi connectivity index (χ4n) is 2.95. The smallest absolute Gasteiger partial charge is 0.284 e. The molecule has 3 rings (SSSR count). The summed E-state index contributed by atoms with van der Waals surface area (Å²) in [5.41, 5.74) is 8.52. The van der Waals surface area contributed by atoms with Crippen LogP contribution in [0.25, 0.3) is 11.0 Å². The van der Waals surface area contributed by atoms with Gasteiger partial charge in [0.25, 0.3) is 5.91 Å². The number of hydrogen-bond donors (Lipinski definition) is 1. The molecule has 0 saturated carbocycles. The number of aryl methyl sites for hydroxylation is 2. The summed E-state index contributed by atoms with van der Waals surface area (Å²) in [6, 6.07) is 15.7.